The first-order valence-electron chi connectivity index (χ1n) is 9.07. The van der Waals surface area contributed by atoms with Gasteiger partial charge in [0.1, 0.15) is 11.3 Å². The molecule has 1 aromatic rings. The summed E-state index contributed by atoms with van der Waals surface area (Å²) in [5.74, 6) is 0.268. The molecule has 0 spiro atoms. The van der Waals surface area contributed by atoms with E-state index in [1.807, 2.05) is 12.1 Å². The van der Waals surface area contributed by atoms with Crippen LogP contribution in [0.25, 0.3) is 0 Å². The van der Waals surface area contributed by atoms with Gasteiger partial charge in [0.15, 0.2) is 0 Å². The summed E-state index contributed by atoms with van der Waals surface area (Å²) in [6.07, 6.45) is 5.14. The number of carbonyl (C=O) groups excluding carboxylic acids is 1. The van der Waals surface area contributed by atoms with Crippen molar-refractivity contribution >= 4 is 18.3 Å². The Balaban J connectivity index is 0.00000243. The highest BCUT2D eigenvalue weighted by Gasteiger charge is 2.53. The maximum absolute atomic E-state index is 11.6. The molecule has 1 aromatic heterocycles. The minimum atomic E-state index is -0.496. The van der Waals surface area contributed by atoms with Gasteiger partial charge in [-0.25, -0.2) is 0 Å². The summed E-state index contributed by atoms with van der Waals surface area (Å²) < 4.78 is 11.6. The van der Waals surface area contributed by atoms with E-state index in [-0.39, 0.29) is 18.0 Å². The quantitative estimate of drug-likeness (QED) is 0.814. The SMILES string of the molecule is COC[C@@H](C)N1C[C@H]2CCC[C@@H](C1)C2(OC)c1ccnc(C(N)=O)c1.Cl. The number of nitrogens with zero attached hydrogens (tertiary/aromatic N) is 2. The first-order valence-corrected chi connectivity index (χ1v) is 9.07. The molecule has 146 valence electrons. The lowest BCUT2D eigenvalue weighted by Gasteiger charge is -2.56. The van der Waals surface area contributed by atoms with Crippen LogP contribution in [-0.2, 0) is 15.1 Å². The summed E-state index contributed by atoms with van der Waals surface area (Å²) in [5.41, 5.74) is 6.42. The largest absolute Gasteiger partial charge is 0.383 e. The molecule has 26 heavy (non-hydrogen) atoms. The Morgan fingerprint density at radius 1 is 1.38 bits per heavy atom. The summed E-state index contributed by atoms with van der Waals surface area (Å²) in [5, 5.41) is 0. The predicted octanol–water partition coefficient (Wildman–Crippen LogP) is 2.21. The Morgan fingerprint density at radius 3 is 2.58 bits per heavy atom. The van der Waals surface area contributed by atoms with Gasteiger partial charge >= 0.3 is 0 Å². The number of amides is 1. The lowest BCUT2D eigenvalue weighted by molar-refractivity contribution is -0.175. The van der Waals surface area contributed by atoms with E-state index in [0.29, 0.717) is 23.6 Å². The molecule has 3 rings (SSSR count). The lowest BCUT2D eigenvalue weighted by Crippen LogP contribution is -2.61. The van der Waals surface area contributed by atoms with Crippen molar-refractivity contribution in [3.05, 3.63) is 29.6 Å². The molecule has 6 nitrogen and oxygen atoms in total. The molecule has 7 heteroatoms. The number of carbonyl (C=O) groups is 1. The van der Waals surface area contributed by atoms with Gasteiger partial charge in [-0.2, -0.15) is 0 Å². The molecule has 0 aromatic carbocycles. The summed E-state index contributed by atoms with van der Waals surface area (Å²) in [6, 6.07) is 4.20. The minimum absolute atomic E-state index is 0. The summed E-state index contributed by atoms with van der Waals surface area (Å²) >= 11 is 0. The first kappa shape index (κ1) is 21.1. The van der Waals surface area contributed by atoms with Gasteiger partial charge in [-0.15, -0.1) is 12.4 Å². The van der Waals surface area contributed by atoms with Gasteiger partial charge in [-0.1, -0.05) is 6.42 Å². The second-order valence-electron chi connectivity index (χ2n) is 7.37. The first-order chi connectivity index (χ1) is 12.0. The molecule has 2 fully saturated rings. The second-order valence-corrected chi connectivity index (χ2v) is 7.37. The molecule has 2 N–H and O–H groups in total. The zero-order valence-corrected chi connectivity index (χ0v) is 16.6. The number of rotatable bonds is 6. The molecule has 4 atom stereocenters. The lowest BCUT2D eigenvalue weighted by atomic mass is 9.62. The molecule has 1 amide bonds. The van der Waals surface area contributed by atoms with Crippen molar-refractivity contribution in [1.29, 1.82) is 0 Å². The van der Waals surface area contributed by atoms with Crippen LogP contribution >= 0.6 is 12.4 Å². The van der Waals surface area contributed by atoms with Crippen LogP contribution < -0.4 is 5.73 Å². The average molecular weight is 384 g/mol. The van der Waals surface area contributed by atoms with Gasteiger partial charge < -0.3 is 15.2 Å². The fraction of sp³-hybridized carbons (Fsp3) is 0.684. The number of ether oxygens (including phenoxy) is 2. The van der Waals surface area contributed by atoms with Crippen LogP contribution in [-0.4, -0.2) is 55.7 Å². The number of hydrogen-bond donors (Lipinski definition) is 1. The summed E-state index contributed by atoms with van der Waals surface area (Å²) in [7, 11) is 3.55. The number of fused-ring (bicyclic) bond motifs is 2. The fourth-order valence-electron chi connectivity index (χ4n) is 4.90. The van der Waals surface area contributed by atoms with Crippen LogP contribution in [0, 0.1) is 11.8 Å². The van der Waals surface area contributed by atoms with E-state index in [2.05, 4.69) is 16.8 Å². The summed E-state index contributed by atoms with van der Waals surface area (Å²) in [6.45, 7) is 4.91. The molecule has 1 saturated carbocycles. The van der Waals surface area contributed by atoms with Gasteiger partial charge in [0, 0.05) is 51.4 Å². The predicted molar refractivity (Wildman–Crippen MR) is 102 cm³/mol. The number of piperidine rings is 1. The standard InChI is InChI=1S/C19H29N3O3.ClH/c1-13(12-24-2)22-10-15-5-4-6-16(11-22)19(15,25-3)14-7-8-21-17(9-14)18(20)23;/h7-9,13,15-16H,4-6,10-12H2,1-3H3,(H2,20,23);1H/t13-,15-,16+,19?;/m1./s1. The number of halogens is 1. The molecule has 1 aliphatic carbocycles. The maximum Gasteiger partial charge on any atom is 0.267 e. The number of likely N-dealkylation sites (tertiary alicyclic amines) is 1. The molecule has 1 saturated heterocycles. The third kappa shape index (κ3) is 3.60. The van der Waals surface area contributed by atoms with Gasteiger partial charge in [-0.05, 0) is 37.5 Å². The number of hydrogen-bond acceptors (Lipinski definition) is 5. The molecular weight excluding hydrogens is 354 g/mol. The highest BCUT2D eigenvalue weighted by Crippen LogP contribution is 2.51. The topological polar surface area (TPSA) is 77.7 Å². The van der Waals surface area contributed by atoms with Gasteiger partial charge in [0.2, 0.25) is 0 Å². The zero-order chi connectivity index (χ0) is 18.0. The van der Waals surface area contributed by atoms with Crippen LogP contribution in [0.15, 0.2) is 18.3 Å². The van der Waals surface area contributed by atoms with Crippen molar-refractivity contribution in [3.8, 4) is 0 Å². The third-order valence-corrected chi connectivity index (χ3v) is 6.06. The molecule has 0 radical (unpaired) electrons. The van der Waals surface area contributed by atoms with Gasteiger partial charge in [-0.3, -0.25) is 14.7 Å². The van der Waals surface area contributed by atoms with E-state index in [9.17, 15) is 4.79 Å². The molecule has 2 aliphatic rings. The normalized spacial score (nSPS) is 29.7. The maximum atomic E-state index is 11.6. The van der Waals surface area contributed by atoms with Crippen LogP contribution in [0.4, 0.5) is 0 Å². The van der Waals surface area contributed by atoms with Crippen LogP contribution in [0.2, 0.25) is 0 Å². The van der Waals surface area contributed by atoms with Crippen molar-refractivity contribution in [2.75, 3.05) is 33.9 Å². The number of methoxy groups -OCH3 is 2. The van der Waals surface area contributed by atoms with E-state index < -0.39 is 5.91 Å². The van der Waals surface area contributed by atoms with Crippen molar-refractivity contribution in [2.24, 2.45) is 17.6 Å². The van der Waals surface area contributed by atoms with Gasteiger partial charge in [0.05, 0.1) is 6.61 Å². The van der Waals surface area contributed by atoms with E-state index in [1.54, 1.807) is 20.4 Å². The van der Waals surface area contributed by atoms with Crippen LogP contribution in [0.1, 0.15) is 42.2 Å². The molecule has 1 aliphatic heterocycles. The number of pyridine rings is 1. The monoisotopic (exact) mass is 383 g/mol. The number of aromatic nitrogens is 1. The highest BCUT2D eigenvalue weighted by atomic mass is 35.5. The van der Waals surface area contributed by atoms with Crippen LogP contribution in [0.3, 0.4) is 0 Å². The van der Waals surface area contributed by atoms with Crippen molar-refractivity contribution in [1.82, 2.24) is 9.88 Å². The molecule has 2 bridgehead atoms. The average Bonchev–Trinajstić information content (AvgIpc) is 2.60. The van der Waals surface area contributed by atoms with Crippen molar-refractivity contribution < 1.29 is 14.3 Å². The molecular formula is C19H30ClN3O3. The zero-order valence-electron chi connectivity index (χ0n) is 15.8. The van der Waals surface area contributed by atoms with E-state index in [1.165, 1.54) is 6.42 Å². The van der Waals surface area contributed by atoms with E-state index in [0.717, 1.165) is 38.1 Å². The Bertz CT molecular complexity index is 614. The van der Waals surface area contributed by atoms with E-state index in [4.69, 9.17) is 15.2 Å². The fourth-order valence-corrected chi connectivity index (χ4v) is 4.90. The number of primary amides is 1. The van der Waals surface area contributed by atoms with Gasteiger partial charge in [0.25, 0.3) is 5.91 Å². The molecule has 1 unspecified atom stereocenters. The summed E-state index contributed by atoms with van der Waals surface area (Å²) in [4.78, 5) is 18.2. The Morgan fingerprint density at radius 2 is 2.04 bits per heavy atom. The molecule has 2 heterocycles. The Hall–Kier alpha value is -1.21. The Kier molecular flexibility index (Phi) is 7.02. The van der Waals surface area contributed by atoms with E-state index >= 15 is 0 Å². The third-order valence-electron chi connectivity index (χ3n) is 6.06. The highest BCUT2D eigenvalue weighted by molar-refractivity contribution is 5.90. The van der Waals surface area contributed by atoms with Crippen molar-refractivity contribution in [2.45, 2.75) is 37.8 Å². The number of nitrogens with two attached hydrogens (primary N) is 1. The van der Waals surface area contributed by atoms with Crippen LogP contribution in [0.5, 0.6) is 0 Å². The second kappa shape index (κ2) is 8.65. The van der Waals surface area contributed by atoms with Crippen molar-refractivity contribution in [3.63, 3.8) is 0 Å². The minimum Gasteiger partial charge on any atom is -0.383 e. The smallest absolute Gasteiger partial charge is 0.267 e. The Labute approximate surface area is 161 Å².